The van der Waals surface area contributed by atoms with Gasteiger partial charge in [-0.1, -0.05) is 0 Å². The van der Waals surface area contributed by atoms with Gasteiger partial charge in [0, 0.05) is 38.1 Å². The maximum absolute atomic E-state index is 12.2. The first-order valence-corrected chi connectivity index (χ1v) is 7.12. The second-order valence-corrected chi connectivity index (χ2v) is 6.12. The third kappa shape index (κ3) is 5.77. The largest absolute Gasteiger partial charge is 0.481 e. The maximum Gasteiger partial charge on any atom is 0.317 e. The fourth-order valence-electron chi connectivity index (χ4n) is 2.47. The lowest BCUT2D eigenvalue weighted by molar-refractivity contribution is -0.137. The normalized spacial score (nSPS) is 19.8. The third-order valence-electron chi connectivity index (χ3n) is 3.62. The molecule has 6 heteroatoms. The Balaban J connectivity index is 2.46. The summed E-state index contributed by atoms with van der Waals surface area (Å²) in [7, 11) is 1.67. The molecule has 0 spiro atoms. The van der Waals surface area contributed by atoms with Crippen LogP contribution in [0.2, 0.25) is 0 Å². The number of amides is 2. The van der Waals surface area contributed by atoms with Crippen molar-refractivity contribution in [2.75, 3.05) is 26.8 Å². The third-order valence-corrected chi connectivity index (χ3v) is 3.62. The number of carbonyl (C=O) groups is 2. The molecule has 1 fully saturated rings. The van der Waals surface area contributed by atoms with Crippen molar-refractivity contribution in [1.29, 1.82) is 0 Å². The lowest BCUT2D eigenvalue weighted by Gasteiger charge is -2.35. The fraction of sp³-hybridized carbons (Fsp3) is 0.857. The minimum absolute atomic E-state index is 0.0551. The molecule has 1 saturated heterocycles. The van der Waals surface area contributed by atoms with Crippen molar-refractivity contribution in [2.45, 2.75) is 45.1 Å². The van der Waals surface area contributed by atoms with Crippen LogP contribution >= 0.6 is 0 Å². The van der Waals surface area contributed by atoms with Gasteiger partial charge in [0.05, 0.1) is 6.61 Å². The summed E-state index contributed by atoms with van der Waals surface area (Å²) in [4.78, 5) is 24.6. The van der Waals surface area contributed by atoms with Gasteiger partial charge in [-0.25, -0.2) is 4.79 Å². The Hall–Kier alpha value is -1.30. The summed E-state index contributed by atoms with van der Waals surface area (Å²) in [6.07, 6.45) is 2.54. The molecule has 0 aromatic heterocycles. The minimum atomic E-state index is -0.842. The number of carboxylic acids is 1. The van der Waals surface area contributed by atoms with Crippen molar-refractivity contribution in [3.63, 3.8) is 0 Å². The number of nitrogens with zero attached hydrogens (tertiary/aromatic N) is 1. The zero-order chi connectivity index (χ0) is 15.2. The lowest BCUT2D eigenvalue weighted by Crippen LogP contribution is -2.53. The van der Waals surface area contributed by atoms with Crippen LogP contribution in [-0.4, -0.2) is 54.4 Å². The molecule has 1 rings (SSSR count). The quantitative estimate of drug-likeness (QED) is 0.779. The van der Waals surface area contributed by atoms with Gasteiger partial charge in [-0.2, -0.15) is 0 Å². The number of ether oxygens (including phenoxy) is 1. The van der Waals surface area contributed by atoms with E-state index in [1.54, 1.807) is 12.0 Å². The number of aliphatic carboxylic acids is 1. The van der Waals surface area contributed by atoms with E-state index in [0.717, 1.165) is 19.4 Å². The molecular weight excluding hydrogens is 260 g/mol. The summed E-state index contributed by atoms with van der Waals surface area (Å²) in [6.45, 7) is 5.83. The summed E-state index contributed by atoms with van der Waals surface area (Å²) in [5.41, 5.74) is -0.510. The van der Waals surface area contributed by atoms with Gasteiger partial charge in [-0.15, -0.1) is 0 Å². The zero-order valence-corrected chi connectivity index (χ0v) is 12.6. The molecule has 0 aliphatic carbocycles. The van der Waals surface area contributed by atoms with Gasteiger partial charge in [-0.05, 0) is 33.1 Å². The fourth-order valence-corrected chi connectivity index (χ4v) is 2.47. The van der Waals surface area contributed by atoms with Crippen LogP contribution in [0.15, 0.2) is 0 Å². The topological polar surface area (TPSA) is 78.9 Å². The zero-order valence-electron chi connectivity index (χ0n) is 12.6. The first-order chi connectivity index (χ1) is 9.34. The second-order valence-electron chi connectivity index (χ2n) is 6.12. The molecule has 2 N–H and O–H groups in total. The van der Waals surface area contributed by atoms with Crippen LogP contribution in [-0.2, 0) is 9.53 Å². The van der Waals surface area contributed by atoms with E-state index in [1.165, 1.54) is 0 Å². The molecule has 6 nitrogen and oxygen atoms in total. The van der Waals surface area contributed by atoms with E-state index in [0.29, 0.717) is 25.5 Å². The highest BCUT2D eigenvalue weighted by molar-refractivity contribution is 5.75. The number of carboxylic acid groups (broad SMARTS) is 1. The number of hydrogen-bond donors (Lipinski definition) is 2. The Kier molecular flexibility index (Phi) is 6.26. The van der Waals surface area contributed by atoms with Gasteiger partial charge in [0.1, 0.15) is 0 Å². The number of rotatable bonds is 6. The minimum Gasteiger partial charge on any atom is -0.481 e. The van der Waals surface area contributed by atoms with Gasteiger partial charge in [-0.3, -0.25) is 4.79 Å². The van der Waals surface area contributed by atoms with Crippen LogP contribution in [0.25, 0.3) is 0 Å². The number of hydrogen-bond acceptors (Lipinski definition) is 3. The average Bonchev–Trinajstić information content (AvgIpc) is 2.37. The van der Waals surface area contributed by atoms with E-state index < -0.39 is 11.5 Å². The number of likely N-dealkylation sites (tertiary alicyclic amines) is 1. The average molecular weight is 286 g/mol. The molecule has 1 atom stereocenters. The summed E-state index contributed by atoms with van der Waals surface area (Å²) in [5, 5.41) is 11.6. The Labute approximate surface area is 120 Å². The second kappa shape index (κ2) is 7.47. The monoisotopic (exact) mass is 286 g/mol. The Morgan fingerprint density at radius 2 is 2.15 bits per heavy atom. The molecule has 1 unspecified atom stereocenters. The number of piperidine rings is 1. The van der Waals surface area contributed by atoms with Gasteiger partial charge >= 0.3 is 12.0 Å². The van der Waals surface area contributed by atoms with Crippen molar-refractivity contribution in [1.82, 2.24) is 10.2 Å². The predicted molar refractivity (Wildman–Crippen MR) is 75.7 cm³/mol. The molecule has 1 heterocycles. The summed E-state index contributed by atoms with van der Waals surface area (Å²) in [5.74, 6) is -0.452. The van der Waals surface area contributed by atoms with Crippen LogP contribution in [0.5, 0.6) is 0 Å². The highest BCUT2D eigenvalue weighted by Crippen LogP contribution is 2.18. The van der Waals surface area contributed by atoms with E-state index in [1.807, 2.05) is 13.8 Å². The van der Waals surface area contributed by atoms with E-state index in [4.69, 9.17) is 9.84 Å². The van der Waals surface area contributed by atoms with Crippen molar-refractivity contribution in [3.05, 3.63) is 0 Å². The summed E-state index contributed by atoms with van der Waals surface area (Å²) in [6, 6.07) is -0.110. The molecule has 116 valence electrons. The van der Waals surface area contributed by atoms with E-state index in [9.17, 15) is 9.59 Å². The van der Waals surface area contributed by atoms with Crippen LogP contribution in [0.4, 0.5) is 4.79 Å². The van der Waals surface area contributed by atoms with E-state index in [-0.39, 0.29) is 12.5 Å². The molecular formula is C14H26N2O4. The van der Waals surface area contributed by atoms with E-state index in [2.05, 4.69) is 5.32 Å². The molecule has 1 aliphatic heterocycles. The summed E-state index contributed by atoms with van der Waals surface area (Å²) < 4.78 is 5.15. The van der Waals surface area contributed by atoms with Crippen molar-refractivity contribution < 1.29 is 19.4 Å². The Morgan fingerprint density at radius 1 is 1.45 bits per heavy atom. The maximum atomic E-state index is 12.2. The van der Waals surface area contributed by atoms with Crippen LogP contribution in [0.1, 0.15) is 39.5 Å². The molecule has 2 amide bonds. The number of carbonyl (C=O) groups excluding carboxylic acids is 1. The molecule has 0 aromatic carbocycles. The molecule has 0 bridgehead atoms. The Bertz CT molecular complexity index is 342. The number of nitrogens with one attached hydrogen (secondary N) is 1. The SMILES string of the molecule is COCC1CCCN(C(=O)NC(C)(C)CCC(=O)O)C1. The van der Waals surface area contributed by atoms with Crippen molar-refractivity contribution >= 4 is 12.0 Å². The van der Waals surface area contributed by atoms with Crippen LogP contribution in [0, 0.1) is 5.92 Å². The highest BCUT2D eigenvalue weighted by atomic mass is 16.5. The van der Waals surface area contributed by atoms with Crippen LogP contribution in [0.3, 0.4) is 0 Å². The molecule has 20 heavy (non-hydrogen) atoms. The lowest BCUT2D eigenvalue weighted by atomic mass is 9.97. The van der Waals surface area contributed by atoms with Gasteiger partial charge in [0.25, 0.3) is 0 Å². The van der Waals surface area contributed by atoms with Crippen molar-refractivity contribution in [3.8, 4) is 0 Å². The molecule has 0 aromatic rings. The number of methoxy groups -OCH3 is 1. The highest BCUT2D eigenvalue weighted by Gasteiger charge is 2.28. The summed E-state index contributed by atoms with van der Waals surface area (Å²) >= 11 is 0. The Morgan fingerprint density at radius 3 is 2.75 bits per heavy atom. The predicted octanol–water partition coefficient (Wildman–Crippen LogP) is 1.70. The van der Waals surface area contributed by atoms with Crippen LogP contribution < -0.4 is 5.32 Å². The van der Waals surface area contributed by atoms with Gasteiger partial charge in [0.2, 0.25) is 0 Å². The first-order valence-electron chi connectivity index (χ1n) is 7.12. The smallest absolute Gasteiger partial charge is 0.317 e. The molecule has 1 aliphatic rings. The standard InChI is InChI=1S/C14H26N2O4/c1-14(2,7-6-12(17)18)15-13(19)16-8-4-5-11(9-16)10-20-3/h11H,4-10H2,1-3H3,(H,15,19)(H,17,18). The van der Waals surface area contributed by atoms with E-state index >= 15 is 0 Å². The van der Waals surface area contributed by atoms with Crippen molar-refractivity contribution in [2.24, 2.45) is 5.92 Å². The molecule has 0 radical (unpaired) electrons. The number of urea groups is 1. The van der Waals surface area contributed by atoms with Gasteiger partial charge < -0.3 is 20.1 Å². The molecule has 0 saturated carbocycles. The van der Waals surface area contributed by atoms with Gasteiger partial charge in [0.15, 0.2) is 0 Å². The first kappa shape index (κ1) is 16.8.